The maximum absolute atomic E-state index is 12.6. The third-order valence-electron chi connectivity index (χ3n) is 4.29. The number of methoxy groups -OCH3 is 1. The number of carbonyl (C=O) groups is 1. The molecule has 0 unspecified atom stereocenters. The zero-order chi connectivity index (χ0) is 21.8. The second-order valence-corrected chi connectivity index (χ2v) is 6.26. The minimum Gasteiger partial charge on any atom is -0.493 e. The van der Waals surface area contributed by atoms with Crippen molar-refractivity contribution in [3.8, 4) is 11.5 Å². The Morgan fingerprint density at radius 3 is 2.70 bits per heavy atom. The first-order valence-electron chi connectivity index (χ1n) is 9.00. The Morgan fingerprint density at radius 1 is 1.27 bits per heavy atom. The van der Waals surface area contributed by atoms with Gasteiger partial charge in [0.1, 0.15) is 17.8 Å². The number of rotatable bonds is 7. The molecule has 2 aromatic heterocycles. The number of nitro groups is 1. The van der Waals surface area contributed by atoms with Gasteiger partial charge in [0.2, 0.25) is 0 Å². The molecule has 2 heterocycles. The summed E-state index contributed by atoms with van der Waals surface area (Å²) in [5.74, 6) is -0.648. The van der Waals surface area contributed by atoms with Crippen molar-refractivity contribution < 1.29 is 23.9 Å². The van der Waals surface area contributed by atoms with Crippen molar-refractivity contribution in [1.29, 1.82) is 0 Å². The molecule has 0 saturated heterocycles. The lowest BCUT2D eigenvalue weighted by Crippen LogP contribution is -2.17. The van der Waals surface area contributed by atoms with Crippen LogP contribution in [0.15, 0.2) is 41.3 Å². The molecule has 156 valence electrons. The average Bonchev–Trinajstić information content (AvgIpc) is 2.72. The van der Waals surface area contributed by atoms with E-state index in [1.54, 1.807) is 32.2 Å². The summed E-state index contributed by atoms with van der Waals surface area (Å²) in [7, 11) is 1.35. The fourth-order valence-corrected chi connectivity index (χ4v) is 2.89. The molecule has 0 N–H and O–H groups in total. The molecule has 0 aliphatic rings. The van der Waals surface area contributed by atoms with Crippen molar-refractivity contribution in [1.82, 2.24) is 9.38 Å². The van der Waals surface area contributed by atoms with Crippen LogP contribution in [-0.2, 0) is 11.3 Å². The molecule has 1 aromatic carbocycles. The van der Waals surface area contributed by atoms with Crippen molar-refractivity contribution in [2.45, 2.75) is 20.5 Å². The van der Waals surface area contributed by atoms with Gasteiger partial charge in [-0.2, -0.15) is 0 Å². The maximum Gasteiger partial charge on any atom is 0.345 e. The van der Waals surface area contributed by atoms with Crippen molar-refractivity contribution in [3.05, 3.63) is 73.8 Å². The van der Waals surface area contributed by atoms with Gasteiger partial charge in [-0.3, -0.25) is 19.3 Å². The van der Waals surface area contributed by atoms with E-state index in [9.17, 15) is 19.7 Å². The van der Waals surface area contributed by atoms with E-state index in [0.717, 1.165) is 11.6 Å². The first kappa shape index (κ1) is 20.8. The summed E-state index contributed by atoms with van der Waals surface area (Å²) in [5, 5.41) is 11.4. The molecule has 10 nitrogen and oxygen atoms in total. The van der Waals surface area contributed by atoms with Crippen LogP contribution in [-0.4, -0.2) is 34.0 Å². The number of hydrogen-bond acceptors (Lipinski definition) is 8. The molecule has 0 atom stereocenters. The summed E-state index contributed by atoms with van der Waals surface area (Å²) in [5.41, 5.74) is 0.326. The summed E-state index contributed by atoms with van der Waals surface area (Å²) in [6, 6.07) is 7.07. The smallest absolute Gasteiger partial charge is 0.345 e. The van der Waals surface area contributed by atoms with E-state index < -0.39 is 16.6 Å². The number of aromatic nitrogens is 2. The molecule has 3 aromatic rings. The maximum atomic E-state index is 12.6. The Labute approximate surface area is 170 Å². The molecule has 10 heteroatoms. The van der Waals surface area contributed by atoms with Gasteiger partial charge in [0, 0.05) is 18.3 Å². The molecular weight excluding hydrogens is 394 g/mol. The average molecular weight is 413 g/mol. The van der Waals surface area contributed by atoms with E-state index in [1.165, 1.54) is 23.6 Å². The van der Waals surface area contributed by atoms with Gasteiger partial charge in [-0.05, 0) is 25.5 Å². The van der Waals surface area contributed by atoms with Crippen LogP contribution in [0.3, 0.4) is 0 Å². The highest BCUT2D eigenvalue weighted by atomic mass is 16.6. The van der Waals surface area contributed by atoms with Gasteiger partial charge in [-0.25, -0.2) is 9.78 Å². The molecule has 0 aliphatic heterocycles. The van der Waals surface area contributed by atoms with Crippen LogP contribution in [0.2, 0.25) is 0 Å². The van der Waals surface area contributed by atoms with Crippen LogP contribution < -0.4 is 15.0 Å². The SMILES string of the molecule is CCOc1cc([N+](=O)[O-])c(C(=O)OCc2cc(=O)n3cccc(C)c3n2)cc1OC. The lowest BCUT2D eigenvalue weighted by Gasteiger charge is -2.12. The van der Waals surface area contributed by atoms with E-state index >= 15 is 0 Å². The summed E-state index contributed by atoms with van der Waals surface area (Å²) >= 11 is 0. The Morgan fingerprint density at radius 2 is 2.03 bits per heavy atom. The molecule has 0 radical (unpaired) electrons. The van der Waals surface area contributed by atoms with Gasteiger partial charge in [-0.1, -0.05) is 6.07 Å². The lowest BCUT2D eigenvalue weighted by atomic mass is 10.1. The number of pyridine rings is 1. The number of aryl methyl sites for hydroxylation is 1. The molecule has 0 spiro atoms. The Bertz CT molecular complexity index is 1190. The molecule has 3 rings (SSSR count). The lowest BCUT2D eigenvalue weighted by molar-refractivity contribution is -0.385. The Balaban J connectivity index is 1.91. The van der Waals surface area contributed by atoms with Crippen LogP contribution in [0.4, 0.5) is 5.69 Å². The quantitative estimate of drug-likeness (QED) is 0.329. The summed E-state index contributed by atoms with van der Waals surface area (Å²) in [6.07, 6.45) is 1.59. The zero-order valence-corrected chi connectivity index (χ0v) is 16.6. The minimum atomic E-state index is -0.949. The Hall–Kier alpha value is -3.95. The van der Waals surface area contributed by atoms with Crippen LogP contribution in [0.5, 0.6) is 11.5 Å². The second kappa shape index (κ2) is 8.60. The predicted molar refractivity (Wildman–Crippen MR) is 106 cm³/mol. The van der Waals surface area contributed by atoms with E-state index in [1.807, 2.05) is 0 Å². The van der Waals surface area contributed by atoms with Crippen LogP contribution in [0.25, 0.3) is 5.65 Å². The van der Waals surface area contributed by atoms with Crippen LogP contribution in [0.1, 0.15) is 28.5 Å². The van der Waals surface area contributed by atoms with Gasteiger partial charge in [0.25, 0.3) is 11.2 Å². The highest BCUT2D eigenvalue weighted by molar-refractivity contribution is 5.95. The van der Waals surface area contributed by atoms with E-state index in [-0.39, 0.29) is 41.5 Å². The third-order valence-corrected chi connectivity index (χ3v) is 4.29. The topological polar surface area (TPSA) is 122 Å². The summed E-state index contributed by atoms with van der Waals surface area (Å²) in [4.78, 5) is 39.9. The summed E-state index contributed by atoms with van der Waals surface area (Å²) in [6.45, 7) is 3.45. The number of fused-ring (bicyclic) bond motifs is 1. The van der Waals surface area contributed by atoms with Gasteiger partial charge >= 0.3 is 5.97 Å². The van der Waals surface area contributed by atoms with E-state index in [0.29, 0.717) is 5.65 Å². The Kier molecular flexibility index (Phi) is 5.95. The fourth-order valence-electron chi connectivity index (χ4n) is 2.89. The van der Waals surface area contributed by atoms with Crippen LogP contribution in [0, 0.1) is 17.0 Å². The van der Waals surface area contributed by atoms with Gasteiger partial charge in [0.05, 0.1) is 30.4 Å². The van der Waals surface area contributed by atoms with E-state index in [4.69, 9.17) is 14.2 Å². The van der Waals surface area contributed by atoms with Crippen molar-refractivity contribution >= 4 is 17.3 Å². The number of nitrogens with zero attached hydrogens (tertiary/aromatic N) is 3. The van der Waals surface area contributed by atoms with Crippen molar-refractivity contribution in [2.24, 2.45) is 0 Å². The number of carbonyl (C=O) groups excluding carboxylic acids is 1. The van der Waals surface area contributed by atoms with Crippen LogP contribution >= 0.6 is 0 Å². The van der Waals surface area contributed by atoms with Crippen molar-refractivity contribution in [2.75, 3.05) is 13.7 Å². The third kappa shape index (κ3) is 4.07. The molecular formula is C20H19N3O7. The normalized spacial score (nSPS) is 10.6. The second-order valence-electron chi connectivity index (χ2n) is 6.26. The molecule has 0 bridgehead atoms. The molecule has 30 heavy (non-hydrogen) atoms. The number of nitro benzene ring substituents is 1. The molecule has 0 amide bonds. The predicted octanol–water partition coefficient (Wildman–Crippen LogP) is 2.68. The highest BCUT2D eigenvalue weighted by Crippen LogP contribution is 2.35. The number of hydrogen-bond donors (Lipinski definition) is 0. The number of benzene rings is 1. The fraction of sp³-hybridized carbons (Fsp3) is 0.250. The van der Waals surface area contributed by atoms with Gasteiger partial charge < -0.3 is 14.2 Å². The standard InChI is InChI=1S/C20H19N3O7/c1-4-29-17-10-15(23(26)27)14(9-16(17)28-3)20(25)30-11-13-8-18(24)22-7-5-6-12(2)19(22)21-13/h5-10H,4,11H2,1-3H3. The first-order chi connectivity index (χ1) is 14.3. The number of esters is 1. The van der Waals surface area contributed by atoms with Gasteiger partial charge in [-0.15, -0.1) is 0 Å². The monoisotopic (exact) mass is 413 g/mol. The largest absolute Gasteiger partial charge is 0.493 e. The number of ether oxygens (including phenoxy) is 3. The summed E-state index contributed by atoms with van der Waals surface area (Å²) < 4.78 is 17.0. The minimum absolute atomic E-state index is 0.142. The zero-order valence-electron chi connectivity index (χ0n) is 16.6. The molecule has 0 saturated carbocycles. The highest BCUT2D eigenvalue weighted by Gasteiger charge is 2.26. The molecule has 0 fully saturated rings. The van der Waals surface area contributed by atoms with Crippen molar-refractivity contribution in [3.63, 3.8) is 0 Å². The first-order valence-corrected chi connectivity index (χ1v) is 9.00. The van der Waals surface area contributed by atoms with Gasteiger partial charge in [0.15, 0.2) is 11.5 Å². The van der Waals surface area contributed by atoms with E-state index in [2.05, 4.69) is 4.98 Å². The molecule has 0 aliphatic carbocycles.